The largest absolute Gasteiger partial charge is 0.368 e. The molecule has 1 aliphatic rings. The van der Waals surface area contributed by atoms with E-state index in [1.165, 1.54) is 5.56 Å². The number of nitrogens with zero attached hydrogens (tertiary/aromatic N) is 1. The van der Waals surface area contributed by atoms with Crippen LogP contribution in [-0.4, -0.2) is 30.4 Å². The summed E-state index contributed by atoms with van der Waals surface area (Å²) in [5.74, 6) is -0.413. The van der Waals surface area contributed by atoms with Gasteiger partial charge in [-0.1, -0.05) is 37.3 Å². The number of anilines is 1. The number of benzene rings is 1. The molecule has 5 nitrogen and oxygen atoms in total. The smallest absolute Gasteiger partial charge is 0.250 e. The van der Waals surface area contributed by atoms with Gasteiger partial charge >= 0.3 is 0 Å². The van der Waals surface area contributed by atoms with Crippen molar-refractivity contribution >= 4 is 28.8 Å². The predicted octanol–water partition coefficient (Wildman–Crippen LogP) is 2.66. The number of amides is 2. The van der Waals surface area contributed by atoms with E-state index >= 15 is 0 Å². The topological polar surface area (TPSA) is 75.4 Å². The van der Waals surface area contributed by atoms with Gasteiger partial charge in [0.1, 0.15) is 0 Å². The first kappa shape index (κ1) is 19.3. The molecule has 142 valence electrons. The number of para-hydroxylation sites is 1. The van der Waals surface area contributed by atoms with Crippen LogP contribution < -0.4 is 16.0 Å². The minimum Gasteiger partial charge on any atom is -0.368 e. The zero-order valence-electron chi connectivity index (χ0n) is 15.4. The number of fused-ring (bicyclic) bond motifs is 1. The quantitative estimate of drug-likeness (QED) is 0.688. The van der Waals surface area contributed by atoms with Crippen molar-refractivity contribution in [3.63, 3.8) is 0 Å². The van der Waals surface area contributed by atoms with Crippen molar-refractivity contribution in [1.29, 1.82) is 0 Å². The lowest BCUT2D eigenvalue weighted by Crippen LogP contribution is -2.47. The van der Waals surface area contributed by atoms with Crippen LogP contribution in [0.25, 0.3) is 0 Å². The third kappa shape index (κ3) is 4.84. The van der Waals surface area contributed by atoms with Crippen molar-refractivity contribution in [2.75, 3.05) is 11.4 Å². The third-order valence-electron chi connectivity index (χ3n) is 4.81. The molecular formula is C21H25N3O2S. The summed E-state index contributed by atoms with van der Waals surface area (Å²) in [6.07, 6.45) is 5.65. The Kier molecular flexibility index (Phi) is 6.42. The monoisotopic (exact) mass is 383 g/mol. The van der Waals surface area contributed by atoms with Gasteiger partial charge in [-0.05, 0) is 35.9 Å². The second kappa shape index (κ2) is 8.97. The van der Waals surface area contributed by atoms with Crippen molar-refractivity contribution in [3.05, 3.63) is 64.4 Å². The Balaban J connectivity index is 1.63. The minimum absolute atomic E-state index is 0.0333. The Bertz CT molecular complexity index is 817. The number of nitrogens with two attached hydrogens (primary N) is 1. The summed E-state index contributed by atoms with van der Waals surface area (Å²) in [7, 11) is 0. The SMILES string of the molecule is CCC(C=CC(=O)N1CCc2ccccc21)N[C@@H](Cc1cccs1)C(N)=O. The van der Waals surface area contributed by atoms with Gasteiger partial charge in [0, 0.05) is 35.6 Å². The molecule has 0 fully saturated rings. The van der Waals surface area contributed by atoms with Gasteiger partial charge in [0.15, 0.2) is 0 Å². The lowest BCUT2D eigenvalue weighted by atomic mass is 10.1. The fraction of sp³-hybridized carbons (Fsp3) is 0.333. The standard InChI is InChI=1S/C21H25N3O2S/c1-2-16(23-18(21(22)26)14-17-7-5-13-27-17)9-10-20(25)24-12-11-15-6-3-4-8-19(15)24/h3-10,13,16,18,23H,2,11-12,14H2,1H3,(H2,22,26)/t16?,18-/m0/s1. The maximum Gasteiger partial charge on any atom is 0.250 e. The van der Waals surface area contributed by atoms with E-state index in [0.29, 0.717) is 13.0 Å². The summed E-state index contributed by atoms with van der Waals surface area (Å²) in [6.45, 7) is 2.72. The van der Waals surface area contributed by atoms with E-state index in [9.17, 15) is 9.59 Å². The van der Waals surface area contributed by atoms with Gasteiger partial charge in [-0.15, -0.1) is 11.3 Å². The summed E-state index contributed by atoms with van der Waals surface area (Å²) in [6, 6.07) is 11.4. The van der Waals surface area contributed by atoms with Gasteiger partial charge < -0.3 is 10.6 Å². The van der Waals surface area contributed by atoms with Crippen LogP contribution >= 0.6 is 11.3 Å². The molecule has 0 saturated heterocycles. The first-order valence-electron chi connectivity index (χ1n) is 9.23. The van der Waals surface area contributed by atoms with Crippen LogP contribution in [0, 0.1) is 0 Å². The number of rotatable bonds is 8. The van der Waals surface area contributed by atoms with E-state index in [4.69, 9.17) is 5.73 Å². The number of carbonyl (C=O) groups excluding carboxylic acids is 2. The van der Waals surface area contributed by atoms with Crippen LogP contribution in [-0.2, 0) is 22.4 Å². The summed E-state index contributed by atoms with van der Waals surface area (Å²) < 4.78 is 0. The fourth-order valence-electron chi connectivity index (χ4n) is 3.30. The van der Waals surface area contributed by atoms with E-state index < -0.39 is 6.04 Å². The molecule has 1 aromatic heterocycles. The number of nitrogens with one attached hydrogen (secondary N) is 1. The molecule has 2 heterocycles. The van der Waals surface area contributed by atoms with Gasteiger partial charge in [-0.2, -0.15) is 0 Å². The highest BCUT2D eigenvalue weighted by Gasteiger charge is 2.23. The van der Waals surface area contributed by atoms with E-state index in [-0.39, 0.29) is 17.9 Å². The average molecular weight is 384 g/mol. The number of primary amides is 1. The second-order valence-electron chi connectivity index (χ2n) is 6.65. The average Bonchev–Trinajstić information content (AvgIpc) is 3.33. The Labute approximate surface area is 163 Å². The number of thiophene rings is 1. The van der Waals surface area contributed by atoms with E-state index in [1.807, 2.05) is 48.7 Å². The molecule has 3 N–H and O–H groups in total. The first-order valence-corrected chi connectivity index (χ1v) is 10.1. The fourth-order valence-corrected chi connectivity index (χ4v) is 4.05. The molecule has 1 aromatic carbocycles. The maximum absolute atomic E-state index is 12.6. The van der Waals surface area contributed by atoms with Gasteiger partial charge in [0.25, 0.3) is 5.91 Å². The molecule has 27 heavy (non-hydrogen) atoms. The second-order valence-corrected chi connectivity index (χ2v) is 7.68. The lowest BCUT2D eigenvalue weighted by Gasteiger charge is -2.21. The Morgan fingerprint density at radius 1 is 1.30 bits per heavy atom. The van der Waals surface area contributed by atoms with Crippen LogP contribution in [0.5, 0.6) is 0 Å². The zero-order valence-corrected chi connectivity index (χ0v) is 16.2. The van der Waals surface area contributed by atoms with Gasteiger partial charge in [-0.25, -0.2) is 0 Å². The van der Waals surface area contributed by atoms with E-state index in [2.05, 4.69) is 11.4 Å². The molecule has 0 bridgehead atoms. The third-order valence-corrected chi connectivity index (χ3v) is 5.71. The summed E-state index contributed by atoms with van der Waals surface area (Å²) in [4.78, 5) is 27.4. The first-order chi connectivity index (χ1) is 13.1. The van der Waals surface area contributed by atoms with Crippen molar-refractivity contribution in [3.8, 4) is 0 Å². The van der Waals surface area contributed by atoms with E-state index in [1.54, 1.807) is 22.3 Å². The minimum atomic E-state index is -0.458. The van der Waals surface area contributed by atoms with Crippen LogP contribution in [0.4, 0.5) is 5.69 Å². The molecule has 0 aliphatic carbocycles. The van der Waals surface area contributed by atoms with Crippen LogP contribution in [0.1, 0.15) is 23.8 Å². The summed E-state index contributed by atoms with van der Waals surface area (Å²) in [5, 5.41) is 5.26. The van der Waals surface area contributed by atoms with Crippen molar-refractivity contribution in [2.24, 2.45) is 5.73 Å². The highest BCUT2D eigenvalue weighted by molar-refractivity contribution is 7.09. The van der Waals surface area contributed by atoms with Gasteiger partial charge in [0.05, 0.1) is 6.04 Å². The van der Waals surface area contributed by atoms with Crippen molar-refractivity contribution in [2.45, 2.75) is 38.3 Å². The lowest BCUT2D eigenvalue weighted by molar-refractivity contribution is -0.120. The van der Waals surface area contributed by atoms with Gasteiger partial charge in [-0.3, -0.25) is 14.9 Å². The molecule has 3 rings (SSSR count). The number of hydrogen-bond donors (Lipinski definition) is 2. The van der Waals surface area contributed by atoms with Crippen LogP contribution in [0.15, 0.2) is 53.9 Å². The molecule has 2 aromatic rings. The molecule has 0 radical (unpaired) electrons. The van der Waals surface area contributed by atoms with Crippen LogP contribution in [0.2, 0.25) is 0 Å². The molecule has 2 amide bonds. The predicted molar refractivity (Wildman–Crippen MR) is 110 cm³/mol. The summed E-state index contributed by atoms with van der Waals surface area (Å²) >= 11 is 1.61. The molecule has 1 unspecified atom stereocenters. The molecular weight excluding hydrogens is 358 g/mol. The molecule has 0 saturated carbocycles. The molecule has 1 aliphatic heterocycles. The molecule has 2 atom stereocenters. The highest BCUT2D eigenvalue weighted by Crippen LogP contribution is 2.27. The number of carbonyl (C=O) groups is 2. The van der Waals surface area contributed by atoms with Crippen LogP contribution in [0.3, 0.4) is 0 Å². The van der Waals surface area contributed by atoms with Crippen molar-refractivity contribution < 1.29 is 9.59 Å². The van der Waals surface area contributed by atoms with Gasteiger partial charge in [0.2, 0.25) is 5.91 Å². The van der Waals surface area contributed by atoms with E-state index in [0.717, 1.165) is 23.4 Å². The Hall–Kier alpha value is -2.44. The summed E-state index contributed by atoms with van der Waals surface area (Å²) in [5.41, 5.74) is 7.76. The maximum atomic E-state index is 12.6. The molecule has 0 spiro atoms. The zero-order chi connectivity index (χ0) is 19.2. The normalized spacial score (nSPS) is 15.7. The number of hydrogen-bond acceptors (Lipinski definition) is 4. The highest BCUT2D eigenvalue weighted by atomic mass is 32.1. The molecule has 6 heteroatoms. The Morgan fingerprint density at radius 3 is 2.81 bits per heavy atom. The Morgan fingerprint density at radius 2 is 2.11 bits per heavy atom. The van der Waals surface area contributed by atoms with Crippen molar-refractivity contribution in [1.82, 2.24) is 5.32 Å².